The highest BCUT2D eigenvalue weighted by atomic mass is 16.6. The van der Waals surface area contributed by atoms with Crippen molar-refractivity contribution < 1.29 is 14.3 Å². The van der Waals surface area contributed by atoms with Crippen LogP contribution in [0.3, 0.4) is 0 Å². The summed E-state index contributed by atoms with van der Waals surface area (Å²) in [6, 6.07) is 1.83. The number of anilines is 1. The van der Waals surface area contributed by atoms with Gasteiger partial charge >= 0.3 is 6.09 Å². The number of likely N-dealkylation sites (tertiary alicyclic amines) is 1. The summed E-state index contributed by atoms with van der Waals surface area (Å²) in [6.45, 7) is 9.35. The molecule has 154 valence electrons. The molecule has 28 heavy (non-hydrogen) atoms. The van der Waals surface area contributed by atoms with Gasteiger partial charge in [-0.15, -0.1) is 0 Å². The largest absolute Gasteiger partial charge is 0.450 e. The maximum atomic E-state index is 12.8. The van der Waals surface area contributed by atoms with Gasteiger partial charge in [0.25, 0.3) is 5.91 Å². The van der Waals surface area contributed by atoms with Crippen LogP contribution in [0.5, 0.6) is 0 Å². The monoisotopic (exact) mass is 389 g/mol. The third kappa shape index (κ3) is 5.11. The van der Waals surface area contributed by atoms with E-state index in [0.717, 1.165) is 25.3 Å². The third-order valence-corrected chi connectivity index (χ3v) is 5.39. The van der Waals surface area contributed by atoms with Crippen molar-refractivity contribution in [2.24, 2.45) is 5.92 Å². The first-order valence-corrected chi connectivity index (χ1v) is 10.3. The van der Waals surface area contributed by atoms with Crippen LogP contribution in [0.4, 0.5) is 10.6 Å². The molecule has 1 aromatic rings. The molecular weight excluding hydrogens is 358 g/mol. The highest BCUT2D eigenvalue weighted by molar-refractivity contribution is 5.93. The molecule has 0 aliphatic carbocycles. The lowest BCUT2D eigenvalue weighted by Crippen LogP contribution is -2.46. The first kappa shape index (κ1) is 20.4. The van der Waals surface area contributed by atoms with Gasteiger partial charge in [-0.1, -0.05) is 6.92 Å². The summed E-state index contributed by atoms with van der Waals surface area (Å²) in [5.74, 6) is 1.90. The van der Waals surface area contributed by atoms with Gasteiger partial charge < -0.3 is 19.9 Å². The molecule has 2 amide bonds. The number of nitrogens with one attached hydrogen (secondary N) is 1. The zero-order chi connectivity index (χ0) is 20.1. The molecule has 3 rings (SSSR count). The Kier molecular flexibility index (Phi) is 6.70. The standard InChI is InChI=1S/C20H31N5O3/c1-4-28-20(27)24-10-7-16(8-11-24)23-19(26)17-12-18(22-15(3)21-17)25-9-5-6-14(2)13-25/h12,14,16H,4-11,13H2,1-3H3,(H,23,26). The molecule has 0 saturated carbocycles. The van der Waals surface area contributed by atoms with Crippen molar-refractivity contribution in [1.82, 2.24) is 20.2 Å². The molecule has 2 aliphatic heterocycles. The van der Waals surface area contributed by atoms with Crippen LogP contribution in [0.15, 0.2) is 6.07 Å². The van der Waals surface area contributed by atoms with E-state index < -0.39 is 0 Å². The van der Waals surface area contributed by atoms with Crippen molar-refractivity contribution in [1.29, 1.82) is 0 Å². The van der Waals surface area contributed by atoms with Crippen LogP contribution in [0.1, 0.15) is 55.8 Å². The lowest BCUT2D eigenvalue weighted by molar-refractivity contribution is 0.0856. The van der Waals surface area contributed by atoms with E-state index in [4.69, 9.17) is 4.74 Å². The molecule has 0 bridgehead atoms. The summed E-state index contributed by atoms with van der Waals surface area (Å²) in [5, 5.41) is 3.07. The highest BCUT2D eigenvalue weighted by Gasteiger charge is 2.26. The second kappa shape index (κ2) is 9.21. The highest BCUT2D eigenvalue weighted by Crippen LogP contribution is 2.22. The van der Waals surface area contributed by atoms with Crippen molar-refractivity contribution in [2.75, 3.05) is 37.7 Å². The van der Waals surface area contributed by atoms with Gasteiger partial charge in [0.2, 0.25) is 0 Å². The summed E-state index contributed by atoms with van der Waals surface area (Å²) in [7, 11) is 0. The van der Waals surface area contributed by atoms with Crippen molar-refractivity contribution in [2.45, 2.75) is 52.5 Å². The number of nitrogens with zero attached hydrogens (tertiary/aromatic N) is 4. The number of aryl methyl sites for hydroxylation is 1. The molecular formula is C20H31N5O3. The summed E-state index contributed by atoms with van der Waals surface area (Å²) < 4.78 is 5.04. The first-order valence-electron chi connectivity index (χ1n) is 10.3. The predicted molar refractivity (Wildman–Crippen MR) is 106 cm³/mol. The number of aromatic nitrogens is 2. The fourth-order valence-electron chi connectivity index (χ4n) is 3.91. The molecule has 1 N–H and O–H groups in total. The quantitative estimate of drug-likeness (QED) is 0.851. The molecule has 2 fully saturated rings. The average molecular weight is 390 g/mol. The number of amides is 2. The Balaban J connectivity index is 1.59. The number of piperidine rings is 2. The van der Waals surface area contributed by atoms with Crippen LogP contribution < -0.4 is 10.2 Å². The first-order chi connectivity index (χ1) is 13.5. The fraction of sp³-hybridized carbons (Fsp3) is 0.700. The second-order valence-electron chi connectivity index (χ2n) is 7.79. The average Bonchev–Trinajstić information content (AvgIpc) is 2.68. The molecule has 8 nitrogen and oxygen atoms in total. The SMILES string of the molecule is CCOC(=O)N1CCC(NC(=O)c2cc(N3CCCC(C)C3)nc(C)n2)CC1. The molecule has 0 radical (unpaired) electrons. The van der Waals surface area contributed by atoms with Gasteiger partial charge in [0.1, 0.15) is 17.3 Å². The third-order valence-electron chi connectivity index (χ3n) is 5.39. The van der Waals surface area contributed by atoms with Gasteiger partial charge in [0.05, 0.1) is 6.61 Å². The van der Waals surface area contributed by atoms with E-state index in [2.05, 4.69) is 27.1 Å². The summed E-state index contributed by atoms with van der Waals surface area (Å²) in [6.07, 6.45) is 3.53. The number of carbonyl (C=O) groups is 2. The van der Waals surface area contributed by atoms with E-state index in [1.165, 1.54) is 6.42 Å². The van der Waals surface area contributed by atoms with Crippen molar-refractivity contribution in [3.05, 3.63) is 17.6 Å². The van der Waals surface area contributed by atoms with Crippen molar-refractivity contribution in [3.63, 3.8) is 0 Å². The Morgan fingerprint density at radius 3 is 2.64 bits per heavy atom. The minimum atomic E-state index is -0.279. The Hall–Kier alpha value is -2.38. The summed E-state index contributed by atoms with van der Waals surface area (Å²) >= 11 is 0. The molecule has 3 heterocycles. The number of hydrogen-bond donors (Lipinski definition) is 1. The molecule has 1 atom stereocenters. The normalized spacial score (nSPS) is 20.8. The van der Waals surface area contributed by atoms with Crippen LogP contribution in [-0.2, 0) is 4.74 Å². The van der Waals surface area contributed by atoms with Crippen LogP contribution in [0.2, 0.25) is 0 Å². The van der Waals surface area contributed by atoms with Gasteiger partial charge in [0.15, 0.2) is 0 Å². The van der Waals surface area contributed by atoms with E-state index >= 15 is 0 Å². The molecule has 1 aromatic heterocycles. The van der Waals surface area contributed by atoms with Crippen molar-refractivity contribution >= 4 is 17.8 Å². The maximum Gasteiger partial charge on any atom is 0.409 e. The van der Waals surface area contributed by atoms with Gasteiger partial charge in [0, 0.05) is 38.3 Å². The fourth-order valence-corrected chi connectivity index (χ4v) is 3.91. The molecule has 1 unspecified atom stereocenters. The van der Waals surface area contributed by atoms with E-state index in [1.54, 1.807) is 17.9 Å². The van der Waals surface area contributed by atoms with Crippen molar-refractivity contribution in [3.8, 4) is 0 Å². The second-order valence-corrected chi connectivity index (χ2v) is 7.79. The molecule has 2 saturated heterocycles. The number of carbonyl (C=O) groups excluding carboxylic acids is 2. The zero-order valence-corrected chi connectivity index (χ0v) is 17.1. The maximum absolute atomic E-state index is 12.8. The lowest BCUT2D eigenvalue weighted by atomic mass is 10.0. The van der Waals surface area contributed by atoms with Gasteiger partial charge in [-0.2, -0.15) is 0 Å². The predicted octanol–water partition coefficient (Wildman–Crippen LogP) is 2.37. The van der Waals surface area contributed by atoms with Crippen LogP contribution in [0, 0.1) is 12.8 Å². The number of ether oxygens (including phenoxy) is 1. The topological polar surface area (TPSA) is 87.7 Å². The van der Waals surface area contributed by atoms with Gasteiger partial charge in [-0.25, -0.2) is 14.8 Å². The number of rotatable bonds is 4. The summed E-state index contributed by atoms with van der Waals surface area (Å²) in [4.78, 5) is 37.4. The van der Waals surface area contributed by atoms with E-state index in [9.17, 15) is 9.59 Å². The summed E-state index contributed by atoms with van der Waals surface area (Å²) in [5.41, 5.74) is 0.411. The zero-order valence-electron chi connectivity index (χ0n) is 17.1. The minimum absolute atomic E-state index is 0.0342. The Labute approximate surface area is 166 Å². The van der Waals surface area contributed by atoms with E-state index in [0.29, 0.717) is 50.0 Å². The molecule has 8 heteroatoms. The van der Waals surface area contributed by atoms with Crippen LogP contribution in [0.25, 0.3) is 0 Å². The van der Waals surface area contributed by atoms with E-state index in [-0.39, 0.29) is 18.0 Å². The van der Waals surface area contributed by atoms with Gasteiger partial charge in [-0.3, -0.25) is 4.79 Å². The van der Waals surface area contributed by atoms with Crippen LogP contribution >= 0.6 is 0 Å². The Bertz CT molecular complexity index is 703. The molecule has 0 spiro atoms. The Morgan fingerprint density at radius 1 is 1.21 bits per heavy atom. The van der Waals surface area contributed by atoms with Crippen LogP contribution in [-0.4, -0.2) is 65.7 Å². The number of hydrogen-bond acceptors (Lipinski definition) is 6. The molecule has 0 aromatic carbocycles. The van der Waals surface area contributed by atoms with Gasteiger partial charge in [-0.05, 0) is 45.4 Å². The van der Waals surface area contributed by atoms with E-state index in [1.807, 2.05) is 6.92 Å². The Morgan fingerprint density at radius 2 is 1.96 bits per heavy atom. The molecule has 2 aliphatic rings. The minimum Gasteiger partial charge on any atom is -0.450 e. The smallest absolute Gasteiger partial charge is 0.409 e. The lowest BCUT2D eigenvalue weighted by Gasteiger charge is -2.32.